The summed E-state index contributed by atoms with van der Waals surface area (Å²) in [6.45, 7) is 2.94. The van der Waals surface area contributed by atoms with Gasteiger partial charge in [0.1, 0.15) is 11.6 Å². The molecule has 0 saturated heterocycles. The van der Waals surface area contributed by atoms with Gasteiger partial charge in [-0.2, -0.15) is 0 Å². The van der Waals surface area contributed by atoms with Crippen molar-refractivity contribution in [2.75, 3.05) is 0 Å². The highest BCUT2D eigenvalue weighted by atomic mass is 19.1. The number of amides is 3. The van der Waals surface area contributed by atoms with Crippen molar-refractivity contribution in [2.45, 2.75) is 76.2 Å². The third-order valence-electron chi connectivity index (χ3n) is 6.33. The van der Waals surface area contributed by atoms with Gasteiger partial charge in [-0.3, -0.25) is 24.2 Å². The van der Waals surface area contributed by atoms with Crippen LogP contribution in [-0.4, -0.2) is 45.7 Å². The predicted molar refractivity (Wildman–Crippen MR) is 132 cm³/mol. The lowest BCUT2D eigenvalue weighted by Gasteiger charge is -2.33. The lowest BCUT2D eigenvalue weighted by Crippen LogP contribution is -2.62. The Morgan fingerprint density at radius 2 is 1.67 bits per heavy atom. The summed E-state index contributed by atoms with van der Waals surface area (Å²) in [4.78, 5) is 55.6. The summed E-state index contributed by atoms with van der Waals surface area (Å²) >= 11 is 0. The number of rotatable bonds is 10. The van der Waals surface area contributed by atoms with Gasteiger partial charge in [-0.05, 0) is 57.2 Å². The average molecular weight is 497 g/mol. The Hall–Kier alpha value is -3.62. The summed E-state index contributed by atoms with van der Waals surface area (Å²) in [6, 6.07) is 13.0. The lowest BCUT2D eigenvalue weighted by molar-refractivity contribution is -0.143. The van der Waals surface area contributed by atoms with Crippen molar-refractivity contribution in [2.24, 2.45) is 0 Å². The summed E-state index contributed by atoms with van der Waals surface area (Å²) in [6.07, 6.45) is 3.96. The zero-order valence-corrected chi connectivity index (χ0v) is 20.7. The minimum atomic E-state index is -2.01. The molecule has 3 rings (SSSR count). The molecule has 1 heterocycles. The molecule has 1 fully saturated rings. The zero-order valence-electron chi connectivity index (χ0n) is 20.7. The van der Waals surface area contributed by atoms with Gasteiger partial charge in [0, 0.05) is 12.6 Å². The maximum atomic E-state index is 15.1. The minimum absolute atomic E-state index is 0.0531. The monoisotopic (exact) mass is 496 g/mol. The molecule has 1 aliphatic carbocycles. The van der Waals surface area contributed by atoms with E-state index < -0.39 is 40.8 Å². The largest absolute Gasteiger partial charge is 0.344 e. The normalized spacial score (nSPS) is 15.9. The molecule has 1 aliphatic rings. The number of pyridine rings is 1. The Labute approximate surface area is 210 Å². The fourth-order valence-electron chi connectivity index (χ4n) is 4.11. The first-order valence-electron chi connectivity index (χ1n) is 12.2. The number of hydrogen-bond donors (Lipinski definition) is 3. The van der Waals surface area contributed by atoms with Crippen LogP contribution in [0.15, 0.2) is 54.7 Å². The zero-order chi connectivity index (χ0) is 26.2. The van der Waals surface area contributed by atoms with Crippen molar-refractivity contribution in [1.29, 1.82) is 0 Å². The molecule has 1 aromatic carbocycles. The number of Topliss-reactive ketones (excluding diaryl/α,β-unsaturated/α-hetero) is 1. The topological polar surface area (TPSA) is 117 Å². The predicted octanol–water partition coefficient (Wildman–Crippen LogP) is 2.56. The number of carbonyl (C=O) groups is 4. The lowest BCUT2D eigenvalue weighted by atomic mass is 9.85. The number of nitrogens with zero attached hydrogens (tertiary/aromatic N) is 1. The van der Waals surface area contributed by atoms with E-state index in [2.05, 4.69) is 20.9 Å². The van der Waals surface area contributed by atoms with E-state index in [9.17, 15) is 19.2 Å². The van der Waals surface area contributed by atoms with E-state index in [-0.39, 0.29) is 25.8 Å². The van der Waals surface area contributed by atoms with E-state index in [0.717, 1.165) is 12.0 Å². The number of hydrogen-bond acceptors (Lipinski definition) is 5. The number of ketones is 1. The summed E-state index contributed by atoms with van der Waals surface area (Å²) in [5, 5.41) is 7.64. The number of nitrogens with one attached hydrogen (secondary N) is 3. The Morgan fingerprint density at radius 1 is 1.00 bits per heavy atom. The Kier molecular flexibility index (Phi) is 8.90. The van der Waals surface area contributed by atoms with Gasteiger partial charge in [-0.15, -0.1) is 0 Å². The molecule has 3 N–H and O–H groups in total. The van der Waals surface area contributed by atoms with Gasteiger partial charge < -0.3 is 16.0 Å². The molecule has 0 bridgehead atoms. The van der Waals surface area contributed by atoms with Gasteiger partial charge in [0.05, 0.1) is 12.2 Å². The van der Waals surface area contributed by atoms with Crippen LogP contribution in [-0.2, 0) is 32.1 Å². The van der Waals surface area contributed by atoms with E-state index in [4.69, 9.17) is 0 Å². The second kappa shape index (κ2) is 11.9. The quantitative estimate of drug-likeness (QED) is 0.437. The van der Waals surface area contributed by atoms with E-state index in [1.807, 2.05) is 6.07 Å². The molecule has 192 valence electrons. The molecule has 9 heteroatoms. The van der Waals surface area contributed by atoms with Gasteiger partial charge >= 0.3 is 0 Å². The van der Waals surface area contributed by atoms with Gasteiger partial charge in [0.25, 0.3) is 11.8 Å². The second-order valence-electron chi connectivity index (χ2n) is 9.69. The van der Waals surface area contributed by atoms with E-state index >= 15 is 4.39 Å². The molecule has 0 unspecified atom stereocenters. The Morgan fingerprint density at radius 3 is 2.31 bits per heavy atom. The van der Waals surface area contributed by atoms with Gasteiger partial charge in [-0.1, -0.05) is 42.8 Å². The molecule has 1 atom stereocenters. The summed E-state index contributed by atoms with van der Waals surface area (Å²) < 4.78 is 15.1. The van der Waals surface area contributed by atoms with Crippen molar-refractivity contribution in [1.82, 2.24) is 20.9 Å². The molecule has 1 aromatic heterocycles. The van der Waals surface area contributed by atoms with Gasteiger partial charge in [0.2, 0.25) is 11.7 Å². The third kappa shape index (κ3) is 7.19. The molecule has 1 saturated carbocycles. The van der Waals surface area contributed by atoms with E-state index in [1.54, 1.807) is 48.7 Å². The van der Waals surface area contributed by atoms with Crippen LogP contribution in [0.2, 0.25) is 0 Å². The highest BCUT2D eigenvalue weighted by molar-refractivity contribution is 6.38. The van der Waals surface area contributed by atoms with Crippen LogP contribution in [0.5, 0.6) is 0 Å². The van der Waals surface area contributed by atoms with E-state index in [1.165, 1.54) is 13.8 Å². The van der Waals surface area contributed by atoms with Crippen molar-refractivity contribution in [3.63, 3.8) is 0 Å². The third-order valence-corrected chi connectivity index (χ3v) is 6.33. The summed E-state index contributed by atoms with van der Waals surface area (Å²) in [5.74, 6) is -3.23. The molecule has 0 spiro atoms. The van der Waals surface area contributed by atoms with E-state index in [0.29, 0.717) is 18.5 Å². The number of halogens is 1. The molecular formula is C27H33FN4O4. The van der Waals surface area contributed by atoms with Crippen molar-refractivity contribution in [3.8, 4) is 0 Å². The first-order valence-corrected chi connectivity index (χ1v) is 12.2. The van der Waals surface area contributed by atoms with Crippen LogP contribution in [0.3, 0.4) is 0 Å². The standard InChI is InChI=1S/C27H33FN4O4/c1-26(2,32-25(36)27(28)14-8-4-9-15-27)24(35)31-21(17-19-11-5-3-6-12-19)22(33)23(34)30-18-20-13-7-10-16-29-20/h3,5-7,10-13,16,21H,4,8-9,14-15,17-18H2,1-2H3,(H,30,34)(H,31,35)(H,32,36)/t21-/m1/s1. The molecule has 2 aromatic rings. The highest BCUT2D eigenvalue weighted by Gasteiger charge is 2.43. The van der Waals surface area contributed by atoms with Crippen molar-refractivity contribution >= 4 is 23.5 Å². The SMILES string of the molecule is CC(C)(NC(=O)C1(F)CCCCC1)C(=O)N[C@H](Cc1ccccc1)C(=O)C(=O)NCc1ccccn1. The van der Waals surface area contributed by atoms with Crippen LogP contribution >= 0.6 is 0 Å². The fourth-order valence-corrected chi connectivity index (χ4v) is 4.11. The number of alkyl halides is 1. The minimum Gasteiger partial charge on any atom is -0.344 e. The van der Waals surface area contributed by atoms with Gasteiger partial charge in [0.15, 0.2) is 5.67 Å². The molecule has 8 nitrogen and oxygen atoms in total. The highest BCUT2D eigenvalue weighted by Crippen LogP contribution is 2.32. The number of benzene rings is 1. The van der Waals surface area contributed by atoms with Crippen LogP contribution in [0.4, 0.5) is 4.39 Å². The van der Waals surface area contributed by atoms with Gasteiger partial charge in [-0.25, -0.2) is 4.39 Å². The molecule has 36 heavy (non-hydrogen) atoms. The molecule has 0 radical (unpaired) electrons. The molecular weight excluding hydrogens is 463 g/mol. The second-order valence-corrected chi connectivity index (χ2v) is 9.69. The number of aromatic nitrogens is 1. The first kappa shape index (κ1) is 27.0. The smallest absolute Gasteiger partial charge is 0.289 e. The Balaban J connectivity index is 1.70. The summed E-state index contributed by atoms with van der Waals surface area (Å²) in [5.41, 5.74) is -2.21. The van der Waals surface area contributed by atoms with Crippen molar-refractivity contribution < 1.29 is 23.6 Å². The molecule has 0 aliphatic heterocycles. The summed E-state index contributed by atoms with van der Waals surface area (Å²) in [7, 11) is 0. The maximum Gasteiger partial charge on any atom is 0.289 e. The van der Waals surface area contributed by atoms with Crippen molar-refractivity contribution in [3.05, 3.63) is 66.0 Å². The Bertz CT molecular complexity index is 1070. The van der Waals surface area contributed by atoms with Crippen LogP contribution in [0.1, 0.15) is 57.2 Å². The van der Waals surface area contributed by atoms with Crippen LogP contribution < -0.4 is 16.0 Å². The van der Waals surface area contributed by atoms with Crippen LogP contribution in [0.25, 0.3) is 0 Å². The van der Waals surface area contributed by atoms with Crippen LogP contribution in [0, 0.1) is 0 Å². The molecule has 3 amide bonds. The number of carbonyl (C=O) groups excluding carboxylic acids is 4. The fraction of sp³-hybridized carbons (Fsp3) is 0.444. The maximum absolute atomic E-state index is 15.1. The first-order chi connectivity index (χ1) is 17.1. The average Bonchev–Trinajstić information content (AvgIpc) is 2.87.